The molecular formula is C10H11ClN4O. The van der Waals surface area contributed by atoms with Gasteiger partial charge in [-0.25, -0.2) is 4.68 Å². The highest BCUT2D eigenvalue weighted by Gasteiger charge is 2.04. The number of ether oxygens (including phenoxy) is 1. The lowest BCUT2D eigenvalue weighted by Gasteiger charge is -2.04. The largest absolute Gasteiger partial charge is 0.486 e. The van der Waals surface area contributed by atoms with Gasteiger partial charge in [0.1, 0.15) is 12.4 Å². The summed E-state index contributed by atoms with van der Waals surface area (Å²) in [5.41, 5.74) is 5.45. The van der Waals surface area contributed by atoms with Crippen molar-refractivity contribution in [3.8, 4) is 5.75 Å². The normalized spacial score (nSPS) is 10.4. The molecule has 2 aromatic rings. The Hall–Kier alpha value is -1.75. The molecule has 0 aliphatic rings. The molecule has 0 saturated carbocycles. The van der Waals surface area contributed by atoms with E-state index in [0.29, 0.717) is 17.5 Å². The molecule has 1 heterocycles. The zero-order chi connectivity index (χ0) is 11.5. The van der Waals surface area contributed by atoms with Gasteiger partial charge < -0.3 is 10.5 Å². The zero-order valence-electron chi connectivity index (χ0n) is 8.72. The lowest BCUT2D eigenvalue weighted by molar-refractivity contribution is 0.290. The van der Waals surface area contributed by atoms with Crippen molar-refractivity contribution in [2.45, 2.75) is 6.61 Å². The summed E-state index contributed by atoms with van der Waals surface area (Å²) < 4.78 is 7.09. The third-order valence-electron chi connectivity index (χ3n) is 2.05. The number of aryl methyl sites for hydroxylation is 1. The molecule has 0 fully saturated rings. The molecule has 6 heteroatoms. The molecule has 2 N–H and O–H groups in total. The van der Waals surface area contributed by atoms with E-state index in [1.807, 2.05) is 0 Å². The van der Waals surface area contributed by atoms with Crippen molar-refractivity contribution in [2.75, 3.05) is 5.73 Å². The number of nitrogens with zero attached hydrogens (tertiary/aromatic N) is 3. The number of hydrogen-bond donors (Lipinski definition) is 1. The van der Waals surface area contributed by atoms with Crippen LogP contribution in [-0.2, 0) is 13.7 Å². The van der Waals surface area contributed by atoms with E-state index in [4.69, 9.17) is 22.1 Å². The maximum absolute atomic E-state index is 5.76. The molecule has 16 heavy (non-hydrogen) atoms. The van der Waals surface area contributed by atoms with E-state index in [1.54, 1.807) is 36.0 Å². The number of nitrogens with two attached hydrogens (primary N) is 1. The molecule has 1 aromatic carbocycles. The number of nitrogen functional groups attached to an aromatic ring is 1. The van der Waals surface area contributed by atoms with E-state index in [2.05, 4.69) is 10.1 Å². The van der Waals surface area contributed by atoms with Crippen molar-refractivity contribution in [3.05, 3.63) is 35.1 Å². The first kappa shape index (κ1) is 10.8. The average Bonchev–Trinajstić information content (AvgIpc) is 2.57. The summed E-state index contributed by atoms with van der Waals surface area (Å²) in [5, 5.41) is 4.60. The summed E-state index contributed by atoms with van der Waals surface area (Å²) in [6, 6.07) is 7.12. The van der Waals surface area contributed by atoms with Gasteiger partial charge in [0.05, 0.1) is 0 Å². The van der Waals surface area contributed by atoms with Gasteiger partial charge in [-0.2, -0.15) is 4.98 Å². The third-order valence-corrected chi connectivity index (χ3v) is 2.30. The first-order chi connectivity index (χ1) is 7.65. The van der Waals surface area contributed by atoms with Crippen LogP contribution in [-0.4, -0.2) is 14.8 Å². The standard InChI is InChI=1S/C10H11ClN4O/c1-15-9(13-10(12)14-15)6-16-8-4-2-7(11)3-5-8/h2-5H,6H2,1H3,(H2,12,14). The van der Waals surface area contributed by atoms with Crippen LogP contribution in [0.3, 0.4) is 0 Å². The van der Waals surface area contributed by atoms with Crippen molar-refractivity contribution in [2.24, 2.45) is 7.05 Å². The van der Waals surface area contributed by atoms with Gasteiger partial charge in [0.2, 0.25) is 5.95 Å². The molecule has 0 saturated heterocycles. The van der Waals surface area contributed by atoms with Gasteiger partial charge in [-0.15, -0.1) is 5.10 Å². The summed E-state index contributed by atoms with van der Waals surface area (Å²) in [6.07, 6.45) is 0. The quantitative estimate of drug-likeness (QED) is 0.883. The second-order valence-electron chi connectivity index (χ2n) is 3.25. The lowest BCUT2D eigenvalue weighted by Crippen LogP contribution is -2.04. The highest BCUT2D eigenvalue weighted by atomic mass is 35.5. The van der Waals surface area contributed by atoms with Crippen LogP contribution in [0.25, 0.3) is 0 Å². The fourth-order valence-corrected chi connectivity index (χ4v) is 1.37. The second-order valence-corrected chi connectivity index (χ2v) is 3.69. The predicted molar refractivity (Wildman–Crippen MR) is 61.2 cm³/mol. The highest BCUT2D eigenvalue weighted by Crippen LogP contribution is 2.16. The van der Waals surface area contributed by atoms with Gasteiger partial charge in [-0.05, 0) is 24.3 Å². The predicted octanol–water partition coefficient (Wildman–Crippen LogP) is 1.63. The minimum absolute atomic E-state index is 0.247. The minimum Gasteiger partial charge on any atom is -0.486 e. The van der Waals surface area contributed by atoms with Crippen LogP contribution >= 0.6 is 11.6 Å². The monoisotopic (exact) mass is 238 g/mol. The summed E-state index contributed by atoms with van der Waals surface area (Å²) in [4.78, 5) is 4.02. The Morgan fingerprint density at radius 1 is 1.38 bits per heavy atom. The Morgan fingerprint density at radius 3 is 2.62 bits per heavy atom. The molecule has 0 spiro atoms. The van der Waals surface area contributed by atoms with Crippen molar-refractivity contribution >= 4 is 17.5 Å². The fraction of sp³-hybridized carbons (Fsp3) is 0.200. The van der Waals surface area contributed by atoms with Gasteiger partial charge >= 0.3 is 0 Å². The van der Waals surface area contributed by atoms with Crippen LogP contribution < -0.4 is 10.5 Å². The Labute approximate surface area is 97.8 Å². The number of aromatic nitrogens is 3. The van der Waals surface area contributed by atoms with Crippen molar-refractivity contribution in [1.82, 2.24) is 14.8 Å². The third kappa shape index (κ3) is 2.43. The molecule has 0 unspecified atom stereocenters. The summed E-state index contributed by atoms with van der Waals surface area (Å²) in [6.45, 7) is 0.322. The number of anilines is 1. The van der Waals surface area contributed by atoms with Gasteiger partial charge in [-0.3, -0.25) is 0 Å². The van der Waals surface area contributed by atoms with Crippen LogP contribution in [0.5, 0.6) is 5.75 Å². The summed E-state index contributed by atoms with van der Waals surface area (Å²) in [5.74, 6) is 1.65. The molecule has 1 aromatic heterocycles. The Bertz CT molecular complexity index is 480. The van der Waals surface area contributed by atoms with Crippen LogP contribution in [0.4, 0.5) is 5.95 Å². The second kappa shape index (κ2) is 4.40. The molecular weight excluding hydrogens is 228 g/mol. The average molecular weight is 239 g/mol. The van der Waals surface area contributed by atoms with E-state index in [0.717, 1.165) is 5.75 Å². The van der Waals surface area contributed by atoms with Crippen molar-refractivity contribution < 1.29 is 4.74 Å². The van der Waals surface area contributed by atoms with Crippen molar-refractivity contribution in [1.29, 1.82) is 0 Å². The number of halogens is 1. The maximum Gasteiger partial charge on any atom is 0.239 e. The Balaban J connectivity index is 2.02. The molecule has 0 atom stereocenters. The smallest absolute Gasteiger partial charge is 0.239 e. The van der Waals surface area contributed by atoms with Crippen LogP contribution in [0.2, 0.25) is 5.02 Å². The number of hydrogen-bond acceptors (Lipinski definition) is 4. The number of benzene rings is 1. The van der Waals surface area contributed by atoms with E-state index < -0.39 is 0 Å². The fourth-order valence-electron chi connectivity index (χ4n) is 1.24. The Kier molecular flexibility index (Phi) is 2.96. The first-order valence-electron chi connectivity index (χ1n) is 4.69. The van der Waals surface area contributed by atoms with Crippen LogP contribution in [0, 0.1) is 0 Å². The van der Waals surface area contributed by atoms with E-state index in [9.17, 15) is 0 Å². The van der Waals surface area contributed by atoms with Crippen molar-refractivity contribution in [3.63, 3.8) is 0 Å². The summed E-state index contributed by atoms with van der Waals surface area (Å²) in [7, 11) is 1.77. The molecule has 0 aliphatic heterocycles. The zero-order valence-corrected chi connectivity index (χ0v) is 9.48. The van der Waals surface area contributed by atoms with Crippen LogP contribution in [0.1, 0.15) is 5.82 Å². The highest BCUT2D eigenvalue weighted by molar-refractivity contribution is 6.30. The molecule has 0 bridgehead atoms. The number of rotatable bonds is 3. The molecule has 0 amide bonds. The summed E-state index contributed by atoms with van der Waals surface area (Å²) >= 11 is 5.76. The van der Waals surface area contributed by atoms with E-state index in [1.165, 1.54) is 0 Å². The van der Waals surface area contributed by atoms with Gasteiger partial charge in [0.25, 0.3) is 0 Å². The molecule has 84 valence electrons. The molecule has 0 radical (unpaired) electrons. The molecule has 2 rings (SSSR count). The Morgan fingerprint density at radius 2 is 2.06 bits per heavy atom. The first-order valence-corrected chi connectivity index (χ1v) is 5.06. The SMILES string of the molecule is Cn1nc(N)nc1COc1ccc(Cl)cc1. The molecule has 0 aliphatic carbocycles. The van der Waals surface area contributed by atoms with E-state index >= 15 is 0 Å². The topological polar surface area (TPSA) is 66.0 Å². The van der Waals surface area contributed by atoms with Gasteiger partial charge in [0.15, 0.2) is 5.82 Å². The maximum atomic E-state index is 5.76. The van der Waals surface area contributed by atoms with Crippen LogP contribution in [0.15, 0.2) is 24.3 Å². The minimum atomic E-state index is 0.247. The van der Waals surface area contributed by atoms with E-state index in [-0.39, 0.29) is 5.95 Å². The molecule has 5 nitrogen and oxygen atoms in total. The van der Waals surface area contributed by atoms with Gasteiger partial charge in [-0.1, -0.05) is 11.6 Å². The van der Waals surface area contributed by atoms with Gasteiger partial charge in [0, 0.05) is 12.1 Å². The lowest BCUT2D eigenvalue weighted by atomic mass is 10.3.